The Balaban J connectivity index is -0.00000144. The Bertz CT molecular complexity index is 637. The summed E-state index contributed by atoms with van der Waals surface area (Å²) in [6, 6.07) is 1.39. The van der Waals surface area contributed by atoms with E-state index < -0.39 is 8.80 Å². The number of rotatable bonds is 6. The Morgan fingerprint density at radius 1 is 0.815 bits per heavy atom. The minimum absolute atomic E-state index is 0. The molecule has 0 aromatic heterocycles. The molecule has 0 N–H and O–H groups in total. The summed E-state index contributed by atoms with van der Waals surface area (Å²) in [5.41, 5.74) is 9.14. The average molecular weight is 480 g/mol. The van der Waals surface area contributed by atoms with Gasteiger partial charge in [0.1, 0.15) is 0 Å². The second-order valence-electron chi connectivity index (χ2n) is 7.27. The first-order chi connectivity index (χ1) is 10.9. The van der Waals surface area contributed by atoms with Gasteiger partial charge >= 0.3 is 21.7 Å². The molecule has 1 aliphatic rings. The molecule has 1 aromatic rings. The van der Waals surface area contributed by atoms with E-state index in [4.69, 9.17) is 0 Å². The molecule has 0 aliphatic heterocycles. The van der Waals surface area contributed by atoms with Crippen LogP contribution >= 0.6 is 0 Å². The van der Waals surface area contributed by atoms with Crippen LogP contribution in [0.15, 0.2) is 16.8 Å². The van der Waals surface area contributed by atoms with Gasteiger partial charge in [-0.2, -0.15) is 6.08 Å². The summed E-state index contributed by atoms with van der Waals surface area (Å²) in [6.45, 7) is 16.2. The van der Waals surface area contributed by atoms with Crippen molar-refractivity contribution in [2.24, 2.45) is 0 Å². The van der Waals surface area contributed by atoms with Crippen LogP contribution < -0.4 is 42.4 Å². The zero-order valence-electron chi connectivity index (χ0n) is 17.8. The molecular formula is C22H33Cl3SiTi. The molecule has 5 heteroatoms. The van der Waals surface area contributed by atoms with E-state index in [0.29, 0.717) is 0 Å². The number of allylic oxidation sites excluding steroid dienone is 4. The number of halogens is 3. The van der Waals surface area contributed by atoms with Crippen LogP contribution in [0.5, 0.6) is 0 Å². The molecule has 1 unspecified atom stereocenters. The summed E-state index contributed by atoms with van der Waals surface area (Å²) in [6.07, 6.45) is 11.2. The van der Waals surface area contributed by atoms with Gasteiger partial charge in [-0.1, -0.05) is 37.4 Å². The largest absolute Gasteiger partial charge is 4.00 e. The van der Waals surface area contributed by atoms with E-state index in [1.165, 1.54) is 47.6 Å². The molecule has 0 nitrogen and oxygen atoms in total. The Morgan fingerprint density at radius 2 is 1.30 bits per heavy atom. The summed E-state index contributed by atoms with van der Waals surface area (Å²) in [5, 5.41) is 3.33. The van der Waals surface area contributed by atoms with Gasteiger partial charge in [0, 0.05) is 0 Å². The quantitative estimate of drug-likeness (QED) is 0.226. The first-order valence-corrected chi connectivity index (χ1v) is 11.2. The van der Waals surface area contributed by atoms with Gasteiger partial charge < -0.3 is 37.2 Å². The van der Waals surface area contributed by atoms with Gasteiger partial charge in [-0.3, -0.25) is 6.08 Å². The van der Waals surface area contributed by atoms with Crippen LogP contribution in [0.1, 0.15) is 67.3 Å². The predicted molar refractivity (Wildman–Crippen MR) is 106 cm³/mol. The molecule has 1 atom stereocenters. The molecule has 0 spiro atoms. The van der Waals surface area contributed by atoms with Gasteiger partial charge in [0.25, 0.3) is 0 Å². The maximum atomic E-state index is 3.73. The Kier molecular flexibility index (Phi) is 17.3. The van der Waals surface area contributed by atoms with Gasteiger partial charge in [0.2, 0.25) is 0 Å². The van der Waals surface area contributed by atoms with Crippen molar-refractivity contribution in [1.82, 2.24) is 0 Å². The SMILES string of the molecule is CCCCC[SiH](C1=[C-]CC=C1C)c1c(C)c(C)c(C)c(C)c1C.[Cl-].[Cl-].[Cl-].[Ti+4]. The van der Waals surface area contributed by atoms with Crippen molar-refractivity contribution in [3.05, 3.63) is 50.7 Å². The average Bonchev–Trinajstić information content (AvgIpc) is 2.95. The fraction of sp³-hybridized carbons (Fsp3) is 0.545. The monoisotopic (exact) mass is 478 g/mol. The molecular weight excluding hydrogens is 447 g/mol. The van der Waals surface area contributed by atoms with E-state index in [-0.39, 0.29) is 58.9 Å². The molecule has 0 saturated carbocycles. The Hall–Kier alpha value is 0.501. The van der Waals surface area contributed by atoms with E-state index in [1.54, 1.807) is 21.5 Å². The third kappa shape index (κ3) is 7.05. The van der Waals surface area contributed by atoms with E-state index in [9.17, 15) is 0 Å². The molecule has 27 heavy (non-hydrogen) atoms. The van der Waals surface area contributed by atoms with Crippen LogP contribution in [0.2, 0.25) is 6.04 Å². The first-order valence-electron chi connectivity index (χ1n) is 9.24. The molecule has 150 valence electrons. The fourth-order valence-electron chi connectivity index (χ4n) is 4.04. The standard InChI is InChI=1S/C22H33Si.3ClH.Ti/c1-8-9-10-14-23(21-13-11-12-15(21)2)22-19(6)17(4)16(3)18(5)20(22)7;;;;/h12,23H,8-11,14H2,1-7H3;3*1H;/q-1;;;;+4/p-3. The number of unbranched alkanes of at least 4 members (excludes halogenated alkanes) is 2. The summed E-state index contributed by atoms with van der Waals surface area (Å²) < 4.78 is 0. The zero-order valence-corrected chi connectivity index (χ0v) is 22.8. The third-order valence-electron chi connectivity index (χ3n) is 5.98. The molecule has 0 heterocycles. The summed E-state index contributed by atoms with van der Waals surface area (Å²) in [7, 11) is -1.15. The number of hydrogen-bond donors (Lipinski definition) is 0. The maximum absolute atomic E-state index is 3.73. The van der Waals surface area contributed by atoms with Crippen molar-refractivity contribution in [2.75, 3.05) is 0 Å². The molecule has 0 bridgehead atoms. The second-order valence-corrected chi connectivity index (χ2v) is 10.1. The molecule has 1 aromatic carbocycles. The van der Waals surface area contributed by atoms with Crippen LogP contribution in [0.3, 0.4) is 0 Å². The normalized spacial score (nSPS) is 13.3. The molecule has 0 radical (unpaired) electrons. The van der Waals surface area contributed by atoms with Crippen LogP contribution in [0.4, 0.5) is 0 Å². The molecule has 0 fully saturated rings. The van der Waals surface area contributed by atoms with Gasteiger partial charge in [0.05, 0.1) is 8.80 Å². The fourth-order valence-corrected chi connectivity index (χ4v) is 8.12. The summed E-state index contributed by atoms with van der Waals surface area (Å²) in [4.78, 5) is 0. The van der Waals surface area contributed by atoms with Crippen LogP contribution in [-0.4, -0.2) is 8.80 Å². The van der Waals surface area contributed by atoms with Gasteiger partial charge in [-0.05, 0) is 62.4 Å². The molecule has 2 rings (SSSR count). The minimum Gasteiger partial charge on any atom is -1.00 e. The first kappa shape index (κ1) is 32.2. The van der Waals surface area contributed by atoms with Crippen molar-refractivity contribution < 1.29 is 58.9 Å². The zero-order chi connectivity index (χ0) is 17.1. The van der Waals surface area contributed by atoms with Crippen LogP contribution in [0.25, 0.3) is 0 Å². The van der Waals surface area contributed by atoms with Crippen molar-refractivity contribution in [1.29, 1.82) is 0 Å². The Morgan fingerprint density at radius 3 is 1.70 bits per heavy atom. The summed E-state index contributed by atoms with van der Waals surface area (Å²) >= 11 is 0. The van der Waals surface area contributed by atoms with Crippen molar-refractivity contribution >= 4 is 14.0 Å². The topological polar surface area (TPSA) is 0 Å². The van der Waals surface area contributed by atoms with Crippen molar-refractivity contribution in [2.45, 2.75) is 80.2 Å². The van der Waals surface area contributed by atoms with Gasteiger partial charge in [0.15, 0.2) is 0 Å². The van der Waals surface area contributed by atoms with Gasteiger partial charge in [-0.15, -0.1) is 13.3 Å². The maximum Gasteiger partial charge on any atom is 4.00 e. The summed E-state index contributed by atoms with van der Waals surface area (Å²) in [5.74, 6) is 0. The van der Waals surface area contributed by atoms with Crippen molar-refractivity contribution in [3.8, 4) is 0 Å². The smallest absolute Gasteiger partial charge is 1.00 e. The van der Waals surface area contributed by atoms with E-state index in [2.05, 4.69) is 60.6 Å². The molecule has 1 aliphatic carbocycles. The molecule has 0 amide bonds. The van der Waals surface area contributed by atoms with E-state index in [1.807, 2.05) is 0 Å². The Labute approximate surface area is 202 Å². The second kappa shape index (κ2) is 14.5. The minimum atomic E-state index is -1.15. The van der Waals surface area contributed by atoms with E-state index in [0.717, 1.165) is 6.42 Å². The number of benzene rings is 1. The van der Waals surface area contributed by atoms with Gasteiger partial charge in [-0.25, -0.2) is 10.8 Å². The van der Waals surface area contributed by atoms with Crippen LogP contribution in [0, 0.1) is 40.7 Å². The van der Waals surface area contributed by atoms with E-state index >= 15 is 0 Å². The van der Waals surface area contributed by atoms with Crippen molar-refractivity contribution in [3.63, 3.8) is 0 Å². The third-order valence-corrected chi connectivity index (χ3v) is 9.88. The number of hydrogen-bond acceptors (Lipinski definition) is 0. The molecule has 0 saturated heterocycles. The van der Waals surface area contributed by atoms with Crippen LogP contribution in [-0.2, 0) is 21.7 Å². The predicted octanol–water partition coefficient (Wildman–Crippen LogP) is -3.52.